The van der Waals surface area contributed by atoms with Gasteiger partial charge in [0, 0.05) is 24.4 Å². The number of benzene rings is 1. The normalized spacial score (nSPS) is 10.2. The number of hydrogen-bond donors (Lipinski definition) is 0. The number of carbonyl (C=O) groups is 1. The minimum absolute atomic E-state index is 0.161. The molecule has 17 heavy (non-hydrogen) atoms. The van der Waals surface area contributed by atoms with Crippen LogP contribution in [0.4, 0.5) is 0 Å². The van der Waals surface area contributed by atoms with Gasteiger partial charge in [-0.3, -0.25) is 9.78 Å². The number of aryl methyl sites for hydroxylation is 2. The Hall–Kier alpha value is -1.96. The maximum atomic E-state index is 12.1. The predicted octanol–water partition coefficient (Wildman–Crippen LogP) is 3.12. The molecule has 0 aliphatic rings. The van der Waals surface area contributed by atoms with E-state index in [4.69, 9.17) is 0 Å². The first-order valence-electron chi connectivity index (χ1n) is 5.66. The smallest absolute Gasteiger partial charge is 0.167 e. The molecule has 0 unspecified atom stereocenters. The zero-order valence-corrected chi connectivity index (χ0v) is 10.1. The maximum absolute atomic E-state index is 12.1. The first-order valence-corrected chi connectivity index (χ1v) is 5.66. The second-order valence-electron chi connectivity index (χ2n) is 4.27. The van der Waals surface area contributed by atoms with Crippen LogP contribution in [0.5, 0.6) is 0 Å². The van der Waals surface area contributed by atoms with E-state index in [1.165, 1.54) is 5.56 Å². The highest BCUT2D eigenvalue weighted by molar-refractivity contribution is 5.98. The number of ketones is 1. The molecule has 2 aromatic rings. The Balaban J connectivity index is 2.21. The van der Waals surface area contributed by atoms with Gasteiger partial charge in [-0.05, 0) is 37.1 Å². The summed E-state index contributed by atoms with van der Waals surface area (Å²) < 4.78 is 0. The van der Waals surface area contributed by atoms with Crippen molar-refractivity contribution >= 4 is 5.78 Å². The van der Waals surface area contributed by atoms with Crippen molar-refractivity contribution in [3.05, 3.63) is 65.0 Å². The third kappa shape index (κ3) is 2.78. The van der Waals surface area contributed by atoms with E-state index >= 15 is 0 Å². The average molecular weight is 225 g/mol. The van der Waals surface area contributed by atoms with Gasteiger partial charge in [-0.25, -0.2) is 0 Å². The van der Waals surface area contributed by atoms with E-state index in [9.17, 15) is 4.79 Å². The Kier molecular flexibility index (Phi) is 3.33. The molecule has 1 heterocycles. The van der Waals surface area contributed by atoms with Crippen LogP contribution in [0, 0.1) is 13.8 Å². The lowest BCUT2D eigenvalue weighted by Crippen LogP contribution is -2.05. The molecule has 86 valence electrons. The van der Waals surface area contributed by atoms with Crippen LogP contribution in [0.15, 0.2) is 42.7 Å². The van der Waals surface area contributed by atoms with E-state index < -0.39 is 0 Å². The van der Waals surface area contributed by atoms with Crippen LogP contribution >= 0.6 is 0 Å². The van der Waals surface area contributed by atoms with Crippen molar-refractivity contribution in [1.29, 1.82) is 0 Å². The Labute approximate surface area is 101 Å². The molecule has 2 heteroatoms. The summed E-state index contributed by atoms with van der Waals surface area (Å²) in [5.41, 5.74) is 4.05. The van der Waals surface area contributed by atoms with Crippen LogP contribution in [-0.4, -0.2) is 10.8 Å². The number of aromatic nitrogens is 1. The van der Waals surface area contributed by atoms with Gasteiger partial charge < -0.3 is 0 Å². The monoisotopic (exact) mass is 225 g/mol. The molecular weight excluding hydrogens is 210 g/mol. The van der Waals surface area contributed by atoms with Crippen LogP contribution in [-0.2, 0) is 6.42 Å². The molecular formula is C15H15NO. The number of nitrogens with zero attached hydrogens (tertiary/aromatic N) is 1. The summed E-state index contributed by atoms with van der Waals surface area (Å²) in [5.74, 6) is 0.161. The van der Waals surface area contributed by atoms with E-state index in [-0.39, 0.29) is 5.78 Å². The molecule has 0 radical (unpaired) electrons. The van der Waals surface area contributed by atoms with Crippen LogP contribution in [0.1, 0.15) is 27.0 Å². The van der Waals surface area contributed by atoms with E-state index in [1.807, 2.05) is 44.2 Å². The number of rotatable bonds is 3. The molecule has 0 atom stereocenters. The van der Waals surface area contributed by atoms with Gasteiger partial charge in [-0.1, -0.05) is 23.8 Å². The van der Waals surface area contributed by atoms with E-state index in [0.29, 0.717) is 6.42 Å². The highest BCUT2D eigenvalue weighted by atomic mass is 16.1. The highest BCUT2D eigenvalue weighted by Crippen LogP contribution is 2.13. The SMILES string of the molecule is Cc1ccc(C(=O)Cc2ccncc2)c(C)c1. The molecule has 0 aliphatic carbocycles. The molecule has 0 bridgehead atoms. The second-order valence-corrected chi connectivity index (χ2v) is 4.27. The minimum Gasteiger partial charge on any atom is -0.294 e. The third-order valence-corrected chi connectivity index (χ3v) is 2.80. The molecule has 0 fully saturated rings. The molecule has 0 N–H and O–H groups in total. The predicted molar refractivity (Wildman–Crippen MR) is 68.2 cm³/mol. The molecule has 2 nitrogen and oxygen atoms in total. The molecule has 0 saturated heterocycles. The Morgan fingerprint density at radius 2 is 1.82 bits per heavy atom. The van der Waals surface area contributed by atoms with Crippen molar-refractivity contribution in [2.24, 2.45) is 0 Å². The fraction of sp³-hybridized carbons (Fsp3) is 0.200. The lowest BCUT2D eigenvalue weighted by atomic mass is 9.98. The lowest BCUT2D eigenvalue weighted by Gasteiger charge is -2.06. The van der Waals surface area contributed by atoms with E-state index in [2.05, 4.69) is 4.98 Å². The van der Waals surface area contributed by atoms with Crippen LogP contribution in [0.2, 0.25) is 0 Å². The van der Waals surface area contributed by atoms with Gasteiger partial charge in [0.2, 0.25) is 0 Å². The Bertz CT molecular complexity index is 532. The van der Waals surface area contributed by atoms with Crippen LogP contribution in [0.3, 0.4) is 0 Å². The van der Waals surface area contributed by atoms with Gasteiger partial charge in [-0.15, -0.1) is 0 Å². The summed E-state index contributed by atoms with van der Waals surface area (Å²) >= 11 is 0. The average Bonchev–Trinajstić information content (AvgIpc) is 2.30. The van der Waals surface area contributed by atoms with E-state index in [0.717, 1.165) is 16.7 Å². The van der Waals surface area contributed by atoms with Crippen molar-refractivity contribution in [2.45, 2.75) is 20.3 Å². The largest absolute Gasteiger partial charge is 0.294 e. The van der Waals surface area contributed by atoms with Gasteiger partial charge in [0.1, 0.15) is 0 Å². The van der Waals surface area contributed by atoms with Gasteiger partial charge >= 0.3 is 0 Å². The van der Waals surface area contributed by atoms with Crippen LogP contribution < -0.4 is 0 Å². The zero-order chi connectivity index (χ0) is 12.3. The van der Waals surface area contributed by atoms with Crippen molar-refractivity contribution in [3.63, 3.8) is 0 Å². The van der Waals surface area contributed by atoms with Gasteiger partial charge in [0.25, 0.3) is 0 Å². The van der Waals surface area contributed by atoms with Gasteiger partial charge in [0.05, 0.1) is 0 Å². The second kappa shape index (κ2) is 4.91. The number of carbonyl (C=O) groups excluding carboxylic acids is 1. The topological polar surface area (TPSA) is 30.0 Å². The number of Topliss-reactive ketones (excluding diaryl/α,β-unsaturated/α-hetero) is 1. The summed E-state index contributed by atoms with van der Waals surface area (Å²) in [7, 11) is 0. The number of hydrogen-bond acceptors (Lipinski definition) is 2. The molecule has 0 spiro atoms. The Morgan fingerprint density at radius 3 is 2.47 bits per heavy atom. The van der Waals surface area contributed by atoms with E-state index in [1.54, 1.807) is 12.4 Å². The first-order chi connectivity index (χ1) is 8.16. The third-order valence-electron chi connectivity index (χ3n) is 2.80. The highest BCUT2D eigenvalue weighted by Gasteiger charge is 2.09. The maximum Gasteiger partial charge on any atom is 0.167 e. The summed E-state index contributed by atoms with van der Waals surface area (Å²) in [6.07, 6.45) is 3.86. The molecule has 1 aromatic heterocycles. The minimum atomic E-state index is 0.161. The Morgan fingerprint density at radius 1 is 1.12 bits per heavy atom. The summed E-state index contributed by atoms with van der Waals surface area (Å²) in [6, 6.07) is 9.68. The number of pyridine rings is 1. The standard InChI is InChI=1S/C15H15NO/c1-11-3-4-14(12(2)9-11)15(17)10-13-5-7-16-8-6-13/h3-9H,10H2,1-2H3. The first kappa shape index (κ1) is 11.5. The fourth-order valence-corrected chi connectivity index (χ4v) is 1.91. The van der Waals surface area contributed by atoms with Crippen molar-refractivity contribution < 1.29 is 4.79 Å². The lowest BCUT2D eigenvalue weighted by molar-refractivity contribution is 0.0992. The fourth-order valence-electron chi connectivity index (χ4n) is 1.91. The molecule has 0 amide bonds. The molecule has 0 saturated carbocycles. The van der Waals surface area contributed by atoms with Gasteiger partial charge in [-0.2, -0.15) is 0 Å². The quantitative estimate of drug-likeness (QED) is 0.751. The van der Waals surface area contributed by atoms with Gasteiger partial charge in [0.15, 0.2) is 5.78 Å². The van der Waals surface area contributed by atoms with Crippen LogP contribution in [0.25, 0.3) is 0 Å². The van der Waals surface area contributed by atoms with Crippen molar-refractivity contribution in [2.75, 3.05) is 0 Å². The molecule has 0 aliphatic heterocycles. The summed E-state index contributed by atoms with van der Waals surface area (Å²) in [6.45, 7) is 4.01. The van der Waals surface area contributed by atoms with Crippen molar-refractivity contribution in [1.82, 2.24) is 4.98 Å². The summed E-state index contributed by atoms with van der Waals surface area (Å²) in [4.78, 5) is 16.1. The molecule has 1 aromatic carbocycles. The van der Waals surface area contributed by atoms with Crippen molar-refractivity contribution in [3.8, 4) is 0 Å². The summed E-state index contributed by atoms with van der Waals surface area (Å²) in [5, 5.41) is 0. The molecule has 2 rings (SSSR count). The zero-order valence-electron chi connectivity index (χ0n) is 10.1.